The van der Waals surface area contributed by atoms with Gasteiger partial charge in [-0.05, 0) is 37.8 Å². The van der Waals surface area contributed by atoms with Gasteiger partial charge in [0.1, 0.15) is 0 Å². The Morgan fingerprint density at radius 1 is 1.24 bits per heavy atom. The number of nitrogens with one attached hydrogen (secondary N) is 3. The summed E-state index contributed by atoms with van der Waals surface area (Å²) in [4.78, 5) is 39.7. The van der Waals surface area contributed by atoms with Crippen LogP contribution in [-0.4, -0.2) is 23.6 Å². The molecule has 1 atom stereocenters. The molecule has 0 spiro atoms. The molecule has 0 saturated carbocycles. The number of para-hydroxylation sites is 1. The van der Waals surface area contributed by atoms with Crippen LogP contribution in [0.15, 0.2) is 40.3 Å². The molecule has 2 heterocycles. The number of allylic oxidation sites excluding steroid dienone is 1. The molecule has 0 saturated heterocycles. The van der Waals surface area contributed by atoms with Crippen LogP contribution in [0.4, 0.5) is 4.79 Å². The van der Waals surface area contributed by atoms with Crippen LogP contribution < -0.4 is 16.2 Å². The van der Waals surface area contributed by atoms with E-state index in [-0.39, 0.29) is 23.3 Å². The molecule has 3 N–H and O–H groups in total. The molecule has 1 aliphatic rings. The maximum absolute atomic E-state index is 12.6. The first-order valence-electron chi connectivity index (χ1n) is 8.00. The van der Waals surface area contributed by atoms with E-state index in [1.54, 1.807) is 19.9 Å². The van der Waals surface area contributed by atoms with Crippen molar-refractivity contribution >= 4 is 22.9 Å². The van der Waals surface area contributed by atoms with E-state index in [9.17, 15) is 14.4 Å². The van der Waals surface area contributed by atoms with Crippen molar-refractivity contribution in [2.24, 2.45) is 0 Å². The molecular weight excluding hydrogens is 322 g/mol. The highest BCUT2D eigenvalue weighted by molar-refractivity contribution is 5.95. The van der Waals surface area contributed by atoms with E-state index >= 15 is 0 Å². The molecule has 7 heteroatoms. The van der Waals surface area contributed by atoms with Crippen molar-refractivity contribution in [3.63, 3.8) is 0 Å². The Morgan fingerprint density at radius 2 is 2.00 bits per heavy atom. The minimum atomic E-state index is -0.874. The van der Waals surface area contributed by atoms with Gasteiger partial charge in [-0.15, -0.1) is 0 Å². The summed E-state index contributed by atoms with van der Waals surface area (Å²) < 4.78 is 5.08. The zero-order valence-corrected chi connectivity index (χ0v) is 14.2. The van der Waals surface area contributed by atoms with Crippen LogP contribution in [0.2, 0.25) is 0 Å². The van der Waals surface area contributed by atoms with Gasteiger partial charge in [-0.2, -0.15) is 0 Å². The Morgan fingerprint density at radius 3 is 2.72 bits per heavy atom. The van der Waals surface area contributed by atoms with Gasteiger partial charge in [-0.3, -0.25) is 4.79 Å². The van der Waals surface area contributed by atoms with Crippen LogP contribution >= 0.6 is 0 Å². The lowest BCUT2D eigenvalue weighted by Crippen LogP contribution is -2.46. The van der Waals surface area contributed by atoms with Crippen molar-refractivity contribution < 1.29 is 14.3 Å². The molecule has 130 valence electrons. The number of hydrogen-bond acceptors (Lipinski definition) is 4. The normalized spacial score (nSPS) is 17.2. The fourth-order valence-corrected chi connectivity index (χ4v) is 3.02. The number of aromatic nitrogens is 1. The predicted octanol–water partition coefficient (Wildman–Crippen LogP) is 2.03. The standard InChI is InChI=1S/C18H19N3O4/c1-4-25-17(23)13-10(3)19-18(24)21-15(13)12-8-11-7-5-6-9(2)14(11)20-16(12)22/h5-8,15H,4H2,1-3H3,(H,20,22)(H2,19,21,24)/t15-/m0/s1. The third-order valence-electron chi connectivity index (χ3n) is 4.19. The lowest BCUT2D eigenvalue weighted by atomic mass is 9.95. The number of amides is 2. The predicted molar refractivity (Wildman–Crippen MR) is 93.0 cm³/mol. The van der Waals surface area contributed by atoms with Crippen molar-refractivity contribution in [3.8, 4) is 0 Å². The Labute approximate surface area is 144 Å². The molecule has 7 nitrogen and oxygen atoms in total. The topological polar surface area (TPSA) is 100 Å². The number of H-pyrrole nitrogens is 1. The molecule has 25 heavy (non-hydrogen) atoms. The number of aryl methyl sites for hydroxylation is 1. The van der Waals surface area contributed by atoms with Crippen molar-refractivity contribution in [1.82, 2.24) is 15.6 Å². The quantitative estimate of drug-likeness (QED) is 0.744. The molecule has 2 aromatic rings. The number of carbonyl (C=O) groups is 2. The number of aromatic amines is 1. The molecule has 3 rings (SSSR count). The van der Waals surface area contributed by atoms with E-state index in [1.807, 2.05) is 25.1 Å². The molecule has 2 amide bonds. The summed E-state index contributed by atoms with van der Waals surface area (Å²) in [6, 6.07) is 6.00. The number of esters is 1. The van der Waals surface area contributed by atoms with Crippen molar-refractivity contribution in [2.45, 2.75) is 26.8 Å². The van der Waals surface area contributed by atoms with Gasteiger partial charge in [-0.25, -0.2) is 9.59 Å². The maximum Gasteiger partial charge on any atom is 0.338 e. The largest absolute Gasteiger partial charge is 0.463 e. The highest BCUT2D eigenvalue weighted by Crippen LogP contribution is 2.27. The number of rotatable bonds is 3. The first-order valence-corrected chi connectivity index (χ1v) is 8.00. The lowest BCUT2D eigenvalue weighted by molar-refractivity contribution is -0.139. The average Bonchev–Trinajstić information content (AvgIpc) is 2.54. The van der Waals surface area contributed by atoms with Gasteiger partial charge < -0.3 is 20.4 Å². The fraction of sp³-hybridized carbons (Fsp3) is 0.278. The Bertz CT molecular complexity index is 958. The van der Waals surface area contributed by atoms with Crippen molar-refractivity contribution in [2.75, 3.05) is 6.61 Å². The van der Waals surface area contributed by atoms with Crippen LogP contribution in [0.5, 0.6) is 0 Å². The number of fused-ring (bicyclic) bond motifs is 1. The summed E-state index contributed by atoms with van der Waals surface area (Å²) in [7, 11) is 0. The van der Waals surface area contributed by atoms with Crippen LogP contribution in [-0.2, 0) is 9.53 Å². The summed E-state index contributed by atoms with van der Waals surface area (Å²) in [5, 5.41) is 6.02. The summed E-state index contributed by atoms with van der Waals surface area (Å²) in [6.07, 6.45) is 0. The van der Waals surface area contributed by atoms with E-state index in [0.717, 1.165) is 16.5 Å². The van der Waals surface area contributed by atoms with Gasteiger partial charge in [0.15, 0.2) is 0 Å². The van der Waals surface area contributed by atoms with Gasteiger partial charge in [0.05, 0.1) is 23.7 Å². The van der Waals surface area contributed by atoms with Gasteiger partial charge >= 0.3 is 12.0 Å². The second-order valence-electron chi connectivity index (χ2n) is 5.88. The number of ether oxygens (including phenoxy) is 1. The van der Waals surface area contributed by atoms with Crippen molar-refractivity contribution in [1.29, 1.82) is 0 Å². The summed E-state index contributed by atoms with van der Waals surface area (Å²) >= 11 is 0. The molecule has 1 aromatic carbocycles. The van der Waals surface area contributed by atoms with Gasteiger partial charge in [0, 0.05) is 11.3 Å². The highest BCUT2D eigenvalue weighted by atomic mass is 16.5. The number of urea groups is 1. The molecule has 1 aliphatic heterocycles. The summed E-state index contributed by atoms with van der Waals surface area (Å²) in [5.41, 5.74) is 2.19. The molecule has 0 bridgehead atoms. The van der Waals surface area contributed by atoms with Crippen LogP contribution in [0, 0.1) is 6.92 Å². The Kier molecular flexibility index (Phi) is 4.31. The number of pyridine rings is 1. The second-order valence-corrected chi connectivity index (χ2v) is 5.88. The van der Waals surface area contributed by atoms with E-state index in [1.165, 1.54) is 0 Å². The average molecular weight is 341 g/mol. The zero-order chi connectivity index (χ0) is 18.1. The first kappa shape index (κ1) is 16.8. The SMILES string of the molecule is CCOC(=O)C1=C(C)NC(=O)N[C@H]1c1cc2cccc(C)c2[nH]c1=O. The van der Waals surface area contributed by atoms with E-state index in [2.05, 4.69) is 15.6 Å². The molecular formula is C18H19N3O4. The lowest BCUT2D eigenvalue weighted by Gasteiger charge is -2.27. The fourth-order valence-electron chi connectivity index (χ4n) is 3.02. The van der Waals surface area contributed by atoms with Crippen molar-refractivity contribution in [3.05, 3.63) is 57.0 Å². The van der Waals surface area contributed by atoms with Crippen LogP contribution in [0.3, 0.4) is 0 Å². The molecule has 0 aliphatic carbocycles. The number of carbonyl (C=O) groups excluding carboxylic acids is 2. The molecule has 1 aromatic heterocycles. The zero-order valence-electron chi connectivity index (χ0n) is 14.2. The monoisotopic (exact) mass is 341 g/mol. The molecule has 0 unspecified atom stereocenters. The molecule has 0 radical (unpaired) electrons. The smallest absolute Gasteiger partial charge is 0.338 e. The van der Waals surface area contributed by atoms with E-state index in [4.69, 9.17) is 4.74 Å². The van der Waals surface area contributed by atoms with Gasteiger partial charge in [-0.1, -0.05) is 18.2 Å². The van der Waals surface area contributed by atoms with E-state index in [0.29, 0.717) is 5.70 Å². The summed E-state index contributed by atoms with van der Waals surface area (Å²) in [5.74, 6) is -0.568. The third-order valence-corrected chi connectivity index (χ3v) is 4.19. The number of benzene rings is 1. The minimum Gasteiger partial charge on any atom is -0.463 e. The molecule has 0 fully saturated rings. The third kappa shape index (κ3) is 3.00. The second kappa shape index (κ2) is 6.43. The maximum atomic E-state index is 12.6. The van der Waals surface area contributed by atoms with Crippen LogP contribution in [0.25, 0.3) is 10.9 Å². The van der Waals surface area contributed by atoms with Crippen LogP contribution in [0.1, 0.15) is 31.0 Å². The summed E-state index contributed by atoms with van der Waals surface area (Å²) in [6.45, 7) is 5.41. The first-order chi connectivity index (χ1) is 11.9. The Balaban J connectivity index is 2.18. The van der Waals surface area contributed by atoms with Gasteiger partial charge in [0.25, 0.3) is 5.56 Å². The van der Waals surface area contributed by atoms with Gasteiger partial charge in [0.2, 0.25) is 0 Å². The Hall–Kier alpha value is -3.09. The number of hydrogen-bond donors (Lipinski definition) is 3. The highest BCUT2D eigenvalue weighted by Gasteiger charge is 2.33. The minimum absolute atomic E-state index is 0.198. The van der Waals surface area contributed by atoms with E-state index < -0.39 is 18.0 Å².